The number of benzene rings is 2. The van der Waals surface area contributed by atoms with Gasteiger partial charge in [-0.25, -0.2) is 4.39 Å². The predicted octanol–water partition coefficient (Wildman–Crippen LogP) is 4.27. The van der Waals surface area contributed by atoms with E-state index in [9.17, 15) is 4.39 Å². The van der Waals surface area contributed by atoms with E-state index in [1.54, 1.807) is 12.1 Å². The van der Waals surface area contributed by atoms with Crippen molar-refractivity contribution in [3.8, 4) is 0 Å². The molecule has 0 aliphatic heterocycles. The second-order valence-electron chi connectivity index (χ2n) is 5.16. The topological polar surface area (TPSA) is 36.4 Å². The highest BCUT2D eigenvalue weighted by atomic mass is 32.1. The van der Waals surface area contributed by atoms with Gasteiger partial charge in [-0.3, -0.25) is 5.43 Å². The van der Waals surface area contributed by atoms with Crippen LogP contribution in [0.3, 0.4) is 0 Å². The maximum atomic E-state index is 13.0. The van der Waals surface area contributed by atoms with Crippen LogP contribution in [0.1, 0.15) is 30.9 Å². The fourth-order valence-electron chi connectivity index (χ4n) is 1.86. The first kappa shape index (κ1) is 16.1. The Balaban J connectivity index is 1.87. The van der Waals surface area contributed by atoms with Gasteiger partial charge in [-0.05, 0) is 53.5 Å². The minimum atomic E-state index is -0.296. The van der Waals surface area contributed by atoms with E-state index >= 15 is 0 Å². The van der Waals surface area contributed by atoms with E-state index in [-0.39, 0.29) is 5.82 Å². The van der Waals surface area contributed by atoms with Gasteiger partial charge < -0.3 is 5.32 Å². The van der Waals surface area contributed by atoms with Crippen LogP contribution in [0.5, 0.6) is 0 Å². The number of halogens is 1. The van der Waals surface area contributed by atoms with Crippen LogP contribution in [-0.2, 0) is 0 Å². The minimum Gasteiger partial charge on any atom is -0.331 e. The highest BCUT2D eigenvalue weighted by Crippen LogP contribution is 2.16. The Morgan fingerprint density at radius 3 is 2.55 bits per heavy atom. The van der Waals surface area contributed by atoms with Crippen LogP contribution in [0.25, 0.3) is 0 Å². The van der Waals surface area contributed by atoms with E-state index in [0.717, 1.165) is 5.69 Å². The number of hydrogen-bond donors (Lipinski definition) is 2. The molecule has 0 spiro atoms. The Labute approximate surface area is 135 Å². The Kier molecular flexibility index (Phi) is 5.61. The second kappa shape index (κ2) is 7.66. The normalized spacial score (nSPS) is 10.9. The zero-order valence-corrected chi connectivity index (χ0v) is 13.3. The van der Waals surface area contributed by atoms with Gasteiger partial charge in [0.2, 0.25) is 0 Å². The van der Waals surface area contributed by atoms with E-state index in [1.165, 1.54) is 23.9 Å². The van der Waals surface area contributed by atoms with Crippen LogP contribution in [0.4, 0.5) is 10.1 Å². The molecular weight excluding hydrogens is 297 g/mol. The molecule has 0 fully saturated rings. The van der Waals surface area contributed by atoms with Gasteiger partial charge in [-0.1, -0.05) is 38.1 Å². The average Bonchev–Trinajstić information content (AvgIpc) is 2.48. The Morgan fingerprint density at radius 2 is 1.91 bits per heavy atom. The molecule has 0 unspecified atom stereocenters. The van der Waals surface area contributed by atoms with Crippen LogP contribution in [0.2, 0.25) is 0 Å². The molecule has 2 N–H and O–H groups in total. The van der Waals surface area contributed by atoms with Gasteiger partial charge in [-0.15, -0.1) is 0 Å². The standard InChI is InChI=1S/C17H18FN3S/c1-12(2)14-6-8-16(9-7-14)20-17(22)21-19-11-13-4-3-5-15(18)10-13/h3-12H,1-2H3,(H2,20,21,22)/b19-11-. The lowest BCUT2D eigenvalue weighted by Gasteiger charge is -2.09. The third-order valence-corrected chi connectivity index (χ3v) is 3.26. The fraction of sp³-hybridized carbons (Fsp3) is 0.176. The van der Waals surface area contributed by atoms with E-state index in [2.05, 4.69) is 41.8 Å². The molecule has 0 heterocycles. The minimum absolute atomic E-state index is 0.296. The van der Waals surface area contributed by atoms with Gasteiger partial charge in [-0.2, -0.15) is 5.10 Å². The SMILES string of the molecule is CC(C)c1ccc(NC(=S)N/N=C\c2cccc(F)c2)cc1. The van der Waals surface area contributed by atoms with Crippen molar-refractivity contribution in [2.24, 2.45) is 5.10 Å². The van der Waals surface area contributed by atoms with Gasteiger partial charge >= 0.3 is 0 Å². The van der Waals surface area contributed by atoms with E-state index in [1.807, 2.05) is 12.1 Å². The first-order chi connectivity index (χ1) is 10.5. The molecule has 0 aliphatic carbocycles. The van der Waals surface area contributed by atoms with Crippen molar-refractivity contribution in [2.75, 3.05) is 5.32 Å². The van der Waals surface area contributed by atoms with Gasteiger partial charge in [0, 0.05) is 5.69 Å². The van der Waals surface area contributed by atoms with Crippen LogP contribution in [0, 0.1) is 5.82 Å². The Hall–Kier alpha value is -2.27. The van der Waals surface area contributed by atoms with Crippen molar-refractivity contribution < 1.29 is 4.39 Å². The summed E-state index contributed by atoms with van der Waals surface area (Å²) in [6, 6.07) is 14.2. The maximum absolute atomic E-state index is 13.0. The van der Waals surface area contributed by atoms with Crippen LogP contribution in [-0.4, -0.2) is 11.3 Å². The Morgan fingerprint density at radius 1 is 1.18 bits per heavy atom. The van der Waals surface area contributed by atoms with Crippen molar-refractivity contribution in [3.63, 3.8) is 0 Å². The van der Waals surface area contributed by atoms with Gasteiger partial charge in [0.1, 0.15) is 5.82 Å². The zero-order valence-electron chi connectivity index (χ0n) is 12.5. The molecule has 5 heteroatoms. The number of nitrogens with zero attached hydrogens (tertiary/aromatic N) is 1. The van der Waals surface area contributed by atoms with Gasteiger partial charge in [0.25, 0.3) is 0 Å². The van der Waals surface area contributed by atoms with Gasteiger partial charge in [0.05, 0.1) is 6.21 Å². The lowest BCUT2D eigenvalue weighted by Crippen LogP contribution is -2.23. The first-order valence-corrected chi connectivity index (χ1v) is 7.41. The summed E-state index contributed by atoms with van der Waals surface area (Å²) in [5.41, 5.74) is 5.53. The summed E-state index contributed by atoms with van der Waals surface area (Å²) in [6.07, 6.45) is 1.51. The molecule has 0 bridgehead atoms. The summed E-state index contributed by atoms with van der Waals surface area (Å²) in [6.45, 7) is 4.30. The van der Waals surface area contributed by atoms with Crippen molar-refractivity contribution in [2.45, 2.75) is 19.8 Å². The average molecular weight is 315 g/mol. The summed E-state index contributed by atoms with van der Waals surface area (Å²) in [4.78, 5) is 0. The molecule has 0 atom stereocenters. The van der Waals surface area contributed by atoms with Crippen molar-refractivity contribution >= 4 is 29.2 Å². The molecule has 114 valence electrons. The van der Waals surface area contributed by atoms with Crippen LogP contribution >= 0.6 is 12.2 Å². The quantitative estimate of drug-likeness (QED) is 0.502. The number of thiocarbonyl (C=S) groups is 1. The van der Waals surface area contributed by atoms with Crippen LogP contribution in [0.15, 0.2) is 53.6 Å². The summed E-state index contributed by atoms with van der Waals surface area (Å²) >= 11 is 5.15. The van der Waals surface area contributed by atoms with E-state index in [4.69, 9.17) is 12.2 Å². The maximum Gasteiger partial charge on any atom is 0.191 e. The second-order valence-corrected chi connectivity index (χ2v) is 5.56. The van der Waals surface area contributed by atoms with Crippen molar-refractivity contribution in [3.05, 3.63) is 65.5 Å². The number of rotatable bonds is 4. The summed E-state index contributed by atoms with van der Waals surface area (Å²) < 4.78 is 13.0. The third-order valence-electron chi connectivity index (χ3n) is 3.06. The van der Waals surface area contributed by atoms with Gasteiger partial charge in [0.15, 0.2) is 5.11 Å². The van der Waals surface area contributed by atoms with E-state index < -0.39 is 0 Å². The molecule has 0 aliphatic rings. The predicted molar refractivity (Wildman–Crippen MR) is 93.9 cm³/mol. The molecule has 0 saturated carbocycles. The number of nitrogens with one attached hydrogen (secondary N) is 2. The summed E-state index contributed by atoms with van der Waals surface area (Å²) in [7, 11) is 0. The molecule has 0 saturated heterocycles. The first-order valence-electron chi connectivity index (χ1n) is 7.00. The molecule has 2 rings (SSSR count). The molecule has 0 radical (unpaired) electrons. The lowest BCUT2D eigenvalue weighted by atomic mass is 10.0. The third kappa shape index (κ3) is 4.93. The van der Waals surface area contributed by atoms with Crippen molar-refractivity contribution in [1.29, 1.82) is 0 Å². The largest absolute Gasteiger partial charge is 0.331 e. The molecular formula is C17H18FN3S. The fourth-order valence-corrected chi connectivity index (χ4v) is 2.03. The summed E-state index contributed by atoms with van der Waals surface area (Å²) in [5.74, 6) is 0.199. The summed E-state index contributed by atoms with van der Waals surface area (Å²) in [5, 5.41) is 7.40. The smallest absolute Gasteiger partial charge is 0.191 e. The Bertz CT molecular complexity index is 666. The van der Waals surface area contributed by atoms with E-state index in [0.29, 0.717) is 16.6 Å². The highest BCUT2D eigenvalue weighted by molar-refractivity contribution is 7.80. The number of anilines is 1. The lowest BCUT2D eigenvalue weighted by molar-refractivity contribution is 0.627. The molecule has 0 amide bonds. The zero-order chi connectivity index (χ0) is 15.9. The van der Waals surface area contributed by atoms with Crippen LogP contribution < -0.4 is 10.7 Å². The van der Waals surface area contributed by atoms with Crippen molar-refractivity contribution in [1.82, 2.24) is 5.43 Å². The highest BCUT2D eigenvalue weighted by Gasteiger charge is 2.00. The molecule has 3 nitrogen and oxygen atoms in total. The molecule has 2 aromatic rings. The molecule has 0 aromatic heterocycles. The number of hydrazone groups is 1. The molecule has 22 heavy (non-hydrogen) atoms. The monoisotopic (exact) mass is 315 g/mol. The molecule has 2 aromatic carbocycles. The number of hydrogen-bond acceptors (Lipinski definition) is 2.